The molecule has 0 fully saturated rings. The lowest BCUT2D eigenvalue weighted by molar-refractivity contribution is 0.125. The first kappa shape index (κ1) is 15.6. The van der Waals surface area contributed by atoms with Crippen LogP contribution < -0.4 is 15.4 Å². The number of nitrogen functional groups attached to an aromatic ring is 1. The van der Waals surface area contributed by atoms with Gasteiger partial charge in [-0.3, -0.25) is 0 Å². The molecule has 0 aromatic carbocycles. The number of rotatable bonds is 6. The Balaban J connectivity index is 2.99. The van der Waals surface area contributed by atoms with Crippen LogP contribution in [0.1, 0.15) is 34.1 Å². The van der Waals surface area contributed by atoms with Crippen molar-refractivity contribution in [1.82, 2.24) is 4.98 Å². The van der Waals surface area contributed by atoms with Crippen molar-refractivity contribution < 1.29 is 9.84 Å². The molecule has 0 spiro atoms. The second-order valence-corrected chi connectivity index (χ2v) is 5.49. The van der Waals surface area contributed by atoms with E-state index in [4.69, 9.17) is 15.6 Å². The average Bonchev–Trinajstić information content (AvgIpc) is 2.30. The molecule has 5 heteroatoms. The first-order chi connectivity index (χ1) is 8.87. The van der Waals surface area contributed by atoms with Crippen LogP contribution in [0.15, 0.2) is 12.1 Å². The summed E-state index contributed by atoms with van der Waals surface area (Å²) in [4.78, 5) is 6.49. The molecular formula is C14H25N3O2. The third-order valence-corrected chi connectivity index (χ3v) is 2.47. The van der Waals surface area contributed by atoms with E-state index in [2.05, 4.69) is 11.9 Å². The van der Waals surface area contributed by atoms with Crippen LogP contribution in [-0.4, -0.2) is 35.4 Å². The van der Waals surface area contributed by atoms with Gasteiger partial charge in [-0.2, -0.15) is 4.98 Å². The Morgan fingerprint density at radius 2 is 2.00 bits per heavy atom. The second-order valence-electron chi connectivity index (χ2n) is 5.49. The van der Waals surface area contributed by atoms with Crippen molar-refractivity contribution in [2.24, 2.45) is 0 Å². The molecule has 1 heterocycles. The zero-order valence-corrected chi connectivity index (χ0v) is 12.3. The number of aromatic nitrogens is 1. The number of hydrogen-bond acceptors (Lipinski definition) is 5. The summed E-state index contributed by atoms with van der Waals surface area (Å²) >= 11 is 0. The summed E-state index contributed by atoms with van der Waals surface area (Å²) in [6, 6.07) is 3.65. The number of aliphatic hydroxyl groups is 1. The Labute approximate surface area is 115 Å². The predicted molar refractivity (Wildman–Crippen MR) is 78.6 cm³/mol. The van der Waals surface area contributed by atoms with Gasteiger partial charge >= 0.3 is 0 Å². The largest absolute Gasteiger partial charge is 0.470 e. The minimum absolute atomic E-state index is 0.0987. The van der Waals surface area contributed by atoms with E-state index in [1.54, 1.807) is 6.07 Å². The molecule has 19 heavy (non-hydrogen) atoms. The Hall–Kier alpha value is -1.49. The van der Waals surface area contributed by atoms with Crippen molar-refractivity contribution in [3.8, 4) is 5.88 Å². The van der Waals surface area contributed by atoms with Gasteiger partial charge in [0.2, 0.25) is 5.88 Å². The van der Waals surface area contributed by atoms with E-state index in [0.29, 0.717) is 18.1 Å². The number of aliphatic hydroxyl groups excluding tert-OH is 1. The molecule has 0 saturated carbocycles. The Kier molecular flexibility index (Phi) is 5.42. The molecule has 1 rings (SSSR count). The number of anilines is 2. The van der Waals surface area contributed by atoms with Gasteiger partial charge < -0.3 is 20.5 Å². The van der Waals surface area contributed by atoms with Crippen LogP contribution in [0.25, 0.3) is 0 Å². The first-order valence-corrected chi connectivity index (χ1v) is 6.68. The van der Waals surface area contributed by atoms with Crippen LogP contribution >= 0.6 is 0 Å². The van der Waals surface area contributed by atoms with Crippen molar-refractivity contribution >= 4 is 11.5 Å². The van der Waals surface area contributed by atoms with Crippen LogP contribution in [0.5, 0.6) is 5.88 Å². The van der Waals surface area contributed by atoms with Gasteiger partial charge in [-0.25, -0.2) is 0 Å². The fourth-order valence-corrected chi connectivity index (χ4v) is 1.72. The number of pyridine rings is 1. The summed E-state index contributed by atoms with van der Waals surface area (Å²) in [5.74, 6) is 1.23. The van der Waals surface area contributed by atoms with E-state index in [1.807, 2.05) is 31.7 Å². The Morgan fingerprint density at radius 3 is 2.53 bits per heavy atom. The van der Waals surface area contributed by atoms with Gasteiger partial charge in [0.1, 0.15) is 11.4 Å². The summed E-state index contributed by atoms with van der Waals surface area (Å²) in [5.41, 5.74) is 6.08. The van der Waals surface area contributed by atoms with Crippen LogP contribution in [0.2, 0.25) is 0 Å². The molecule has 0 bridgehead atoms. The van der Waals surface area contributed by atoms with E-state index in [9.17, 15) is 0 Å². The molecule has 1 aromatic rings. The second kappa shape index (κ2) is 6.61. The zero-order valence-electron chi connectivity index (χ0n) is 12.3. The van der Waals surface area contributed by atoms with Crippen LogP contribution in [0, 0.1) is 0 Å². The average molecular weight is 267 g/mol. The van der Waals surface area contributed by atoms with Gasteiger partial charge in [-0.05, 0) is 39.3 Å². The monoisotopic (exact) mass is 267 g/mol. The zero-order chi connectivity index (χ0) is 14.5. The van der Waals surface area contributed by atoms with E-state index in [1.165, 1.54) is 0 Å². The molecule has 3 N–H and O–H groups in total. The van der Waals surface area contributed by atoms with Crippen molar-refractivity contribution in [3.05, 3.63) is 12.1 Å². The summed E-state index contributed by atoms with van der Waals surface area (Å²) in [6.45, 7) is 9.46. The molecule has 0 atom stereocenters. The predicted octanol–water partition coefficient (Wildman–Crippen LogP) is 2.05. The molecule has 0 amide bonds. The maximum atomic E-state index is 9.11. The van der Waals surface area contributed by atoms with Crippen LogP contribution in [-0.2, 0) is 0 Å². The number of nitrogens with two attached hydrogens (primary N) is 1. The lowest BCUT2D eigenvalue weighted by Gasteiger charge is -2.25. The highest BCUT2D eigenvalue weighted by Gasteiger charge is 2.17. The smallest absolute Gasteiger partial charge is 0.239 e. The van der Waals surface area contributed by atoms with Crippen LogP contribution in [0.3, 0.4) is 0 Å². The maximum absolute atomic E-state index is 9.11. The Morgan fingerprint density at radius 1 is 1.32 bits per heavy atom. The lowest BCUT2D eigenvalue weighted by Crippen LogP contribution is -2.29. The quantitative estimate of drug-likeness (QED) is 0.825. The van der Waals surface area contributed by atoms with Gasteiger partial charge in [0.25, 0.3) is 0 Å². The molecule has 108 valence electrons. The van der Waals surface area contributed by atoms with Gasteiger partial charge in [0.15, 0.2) is 0 Å². The van der Waals surface area contributed by atoms with Crippen molar-refractivity contribution in [2.75, 3.05) is 30.3 Å². The molecule has 5 nitrogen and oxygen atoms in total. The SMILES string of the molecule is CCCN(CCO)c1ccc(N)c(OC(C)(C)C)n1. The highest BCUT2D eigenvalue weighted by Crippen LogP contribution is 2.26. The molecule has 0 aliphatic rings. The molecule has 0 aliphatic heterocycles. The maximum Gasteiger partial charge on any atom is 0.239 e. The highest BCUT2D eigenvalue weighted by atomic mass is 16.5. The topological polar surface area (TPSA) is 71.6 Å². The van der Waals surface area contributed by atoms with E-state index < -0.39 is 0 Å². The molecule has 0 saturated heterocycles. The Bertz CT molecular complexity index is 396. The molecular weight excluding hydrogens is 242 g/mol. The molecule has 0 aliphatic carbocycles. The van der Waals surface area contributed by atoms with Crippen molar-refractivity contribution in [1.29, 1.82) is 0 Å². The standard InChI is InChI=1S/C14H25N3O2/c1-5-8-17(9-10-18)12-7-6-11(15)13(16-12)19-14(2,3)4/h6-7,18H,5,8-10,15H2,1-4H3. The summed E-state index contributed by atoms with van der Waals surface area (Å²) in [5, 5.41) is 9.11. The summed E-state index contributed by atoms with van der Waals surface area (Å²) < 4.78 is 5.75. The van der Waals surface area contributed by atoms with Crippen LogP contribution in [0.4, 0.5) is 11.5 Å². The van der Waals surface area contributed by atoms with Crippen molar-refractivity contribution in [2.45, 2.75) is 39.7 Å². The van der Waals surface area contributed by atoms with E-state index in [-0.39, 0.29) is 12.2 Å². The third kappa shape index (κ3) is 4.95. The first-order valence-electron chi connectivity index (χ1n) is 6.68. The summed E-state index contributed by atoms with van der Waals surface area (Å²) in [7, 11) is 0. The molecule has 0 radical (unpaired) electrons. The fraction of sp³-hybridized carbons (Fsp3) is 0.643. The molecule has 0 unspecified atom stereocenters. The van der Waals surface area contributed by atoms with Gasteiger partial charge in [-0.1, -0.05) is 6.92 Å². The minimum atomic E-state index is -0.341. The lowest BCUT2D eigenvalue weighted by atomic mass is 10.2. The number of ether oxygens (including phenoxy) is 1. The van der Waals surface area contributed by atoms with E-state index in [0.717, 1.165) is 18.8 Å². The summed E-state index contributed by atoms with van der Waals surface area (Å²) in [6.07, 6.45) is 0.988. The molecule has 1 aromatic heterocycles. The third-order valence-electron chi connectivity index (χ3n) is 2.47. The highest BCUT2D eigenvalue weighted by molar-refractivity contribution is 5.54. The number of nitrogens with zero attached hydrogens (tertiary/aromatic N) is 2. The minimum Gasteiger partial charge on any atom is -0.470 e. The normalized spacial score (nSPS) is 11.4. The van der Waals surface area contributed by atoms with Gasteiger partial charge in [-0.15, -0.1) is 0 Å². The van der Waals surface area contributed by atoms with Gasteiger partial charge in [0, 0.05) is 13.1 Å². The van der Waals surface area contributed by atoms with Gasteiger partial charge in [0.05, 0.1) is 12.3 Å². The fourth-order valence-electron chi connectivity index (χ4n) is 1.72. The van der Waals surface area contributed by atoms with Crippen molar-refractivity contribution in [3.63, 3.8) is 0 Å². The number of hydrogen-bond donors (Lipinski definition) is 2. The van der Waals surface area contributed by atoms with E-state index >= 15 is 0 Å².